The highest BCUT2D eigenvalue weighted by Gasteiger charge is 2.26. The lowest BCUT2D eigenvalue weighted by Crippen LogP contribution is -2.46. The molecule has 0 aliphatic heterocycles. The molecule has 6 nitrogen and oxygen atoms in total. The number of hydrogen-bond acceptors (Lipinski definition) is 4. The van der Waals surface area contributed by atoms with Gasteiger partial charge in [-0.25, -0.2) is 0 Å². The van der Waals surface area contributed by atoms with Crippen molar-refractivity contribution < 1.29 is 19.1 Å². The molecule has 142 valence electrons. The van der Waals surface area contributed by atoms with E-state index in [4.69, 9.17) is 16.3 Å². The Morgan fingerprint density at radius 3 is 2.50 bits per heavy atom. The predicted octanol–water partition coefficient (Wildman–Crippen LogP) is 2.70. The van der Waals surface area contributed by atoms with Crippen molar-refractivity contribution in [3.05, 3.63) is 34.9 Å². The van der Waals surface area contributed by atoms with E-state index in [0.717, 1.165) is 19.3 Å². The summed E-state index contributed by atoms with van der Waals surface area (Å²) >= 11 is 5.77. The lowest BCUT2D eigenvalue weighted by atomic mass is 9.86. The molecule has 1 aliphatic rings. The summed E-state index contributed by atoms with van der Waals surface area (Å²) in [7, 11) is 0. The molecule has 1 aromatic carbocycles. The van der Waals surface area contributed by atoms with Crippen LogP contribution in [-0.4, -0.2) is 36.5 Å². The van der Waals surface area contributed by atoms with Crippen LogP contribution < -0.4 is 10.6 Å². The molecule has 0 unspecified atom stereocenters. The van der Waals surface area contributed by atoms with Crippen molar-refractivity contribution in [2.45, 2.75) is 51.7 Å². The maximum Gasteiger partial charge on any atom is 0.326 e. The second-order valence-corrected chi connectivity index (χ2v) is 7.13. The van der Waals surface area contributed by atoms with E-state index in [1.165, 1.54) is 13.3 Å². The van der Waals surface area contributed by atoms with Crippen LogP contribution in [0.15, 0.2) is 24.3 Å². The Hall–Kier alpha value is -2.08. The molecule has 2 N–H and O–H groups in total. The average Bonchev–Trinajstić information content (AvgIpc) is 2.62. The third kappa shape index (κ3) is 6.02. The van der Waals surface area contributed by atoms with Crippen LogP contribution in [-0.2, 0) is 14.3 Å². The first kappa shape index (κ1) is 20.2. The number of ether oxygens (including phenoxy) is 1. The normalized spacial score (nSPS) is 20.7. The van der Waals surface area contributed by atoms with E-state index in [0.29, 0.717) is 16.5 Å². The molecule has 0 bridgehead atoms. The zero-order valence-electron chi connectivity index (χ0n) is 15.1. The monoisotopic (exact) mass is 380 g/mol. The summed E-state index contributed by atoms with van der Waals surface area (Å²) in [6.45, 7) is 3.34. The number of carbonyl (C=O) groups excluding carboxylic acids is 3. The molecule has 2 amide bonds. The molecule has 1 saturated carbocycles. The first-order valence-corrected chi connectivity index (χ1v) is 9.28. The first-order valence-electron chi connectivity index (χ1n) is 8.90. The van der Waals surface area contributed by atoms with Crippen molar-refractivity contribution in [1.29, 1.82) is 0 Å². The van der Waals surface area contributed by atoms with Crippen LogP contribution in [0.5, 0.6) is 0 Å². The Balaban J connectivity index is 1.74. The van der Waals surface area contributed by atoms with Gasteiger partial charge >= 0.3 is 5.97 Å². The molecule has 1 aliphatic carbocycles. The van der Waals surface area contributed by atoms with Crippen LogP contribution in [0.25, 0.3) is 0 Å². The van der Waals surface area contributed by atoms with Crippen LogP contribution in [0.1, 0.15) is 49.9 Å². The lowest BCUT2D eigenvalue weighted by Gasteiger charge is -2.30. The third-order valence-corrected chi connectivity index (χ3v) is 4.87. The van der Waals surface area contributed by atoms with E-state index in [1.54, 1.807) is 24.3 Å². The van der Waals surface area contributed by atoms with Crippen LogP contribution in [0, 0.1) is 5.92 Å². The predicted molar refractivity (Wildman–Crippen MR) is 98.9 cm³/mol. The molecule has 7 heteroatoms. The summed E-state index contributed by atoms with van der Waals surface area (Å²) in [6.07, 6.45) is 3.43. The summed E-state index contributed by atoms with van der Waals surface area (Å²) in [5.74, 6) is -0.950. The molecule has 1 aromatic rings. The maximum absolute atomic E-state index is 12.2. The fraction of sp³-hybridized carbons (Fsp3) is 0.526. The van der Waals surface area contributed by atoms with Gasteiger partial charge in [-0.3, -0.25) is 14.4 Å². The Morgan fingerprint density at radius 1 is 1.19 bits per heavy atom. The average molecular weight is 381 g/mol. The van der Waals surface area contributed by atoms with Gasteiger partial charge in [-0.2, -0.15) is 0 Å². The highest BCUT2D eigenvalue weighted by Crippen LogP contribution is 2.23. The van der Waals surface area contributed by atoms with E-state index in [2.05, 4.69) is 17.6 Å². The summed E-state index contributed by atoms with van der Waals surface area (Å²) in [6, 6.07) is 6.43. The van der Waals surface area contributed by atoms with E-state index in [1.807, 2.05) is 0 Å². The summed E-state index contributed by atoms with van der Waals surface area (Å²) in [5.41, 5.74) is 0.388. The number of esters is 1. The van der Waals surface area contributed by atoms with Gasteiger partial charge in [0.2, 0.25) is 0 Å². The fourth-order valence-corrected chi connectivity index (χ4v) is 3.10. The van der Waals surface area contributed by atoms with Gasteiger partial charge in [-0.05, 0) is 49.9 Å². The van der Waals surface area contributed by atoms with Crippen molar-refractivity contribution in [3.8, 4) is 0 Å². The third-order valence-electron chi connectivity index (χ3n) is 4.62. The number of rotatable bonds is 6. The van der Waals surface area contributed by atoms with Gasteiger partial charge in [0.1, 0.15) is 6.54 Å². The van der Waals surface area contributed by atoms with Crippen LogP contribution in [0.4, 0.5) is 0 Å². The number of hydrogen-bond donors (Lipinski definition) is 2. The van der Waals surface area contributed by atoms with Gasteiger partial charge < -0.3 is 15.4 Å². The van der Waals surface area contributed by atoms with E-state index in [-0.39, 0.29) is 18.5 Å². The molecule has 3 atom stereocenters. The number of nitrogens with one attached hydrogen (secondary N) is 2. The van der Waals surface area contributed by atoms with Crippen molar-refractivity contribution in [3.63, 3.8) is 0 Å². The second kappa shape index (κ2) is 9.57. The SMILES string of the molecule is C[C@@H]1CCCC[C@@H]1NC(=O)[C@@H](C)OC(=O)CNC(=O)c1ccc(Cl)cc1. The molecular formula is C19H25ClN2O4. The molecule has 0 radical (unpaired) electrons. The van der Waals surface area contributed by atoms with Crippen LogP contribution >= 0.6 is 11.6 Å². The van der Waals surface area contributed by atoms with Crippen molar-refractivity contribution in [2.75, 3.05) is 6.54 Å². The molecule has 0 heterocycles. The minimum Gasteiger partial charge on any atom is -0.451 e. The van der Waals surface area contributed by atoms with E-state index in [9.17, 15) is 14.4 Å². The highest BCUT2D eigenvalue weighted by molar-refractivity contribution is 6.30. The minimum absolute atomic E-state index is 0.127. The molecule has 0 saturated heterocycles. The van der Waals surface area contributed by atoms with Gasteiger partial charge in [0.15, 0.2) is 6.10 Å². The van der Waals surface area contributed by atoms with Gasteiger partial charge in [-0.15, -0.1) is 0 Å². The van der Waals surface area contributed by atoms with Crippen molar-refractivity contribution >= 4 is 29.4 Å². The van der Waals surface area contributed by atoms with Crippen LogP contribution in [0.2, 0.25) is 5.02 Å². The van der Waals surface area contributed by atoms with Gasteiger partial charge in [-0.1, -0.05) is 31.4 Å². The topological polar surface area (TPSA) is 84.5 Å². The van der Waals surface area contributed by atoms with Gasteiger partial charge in [0.25, 0.3) is 11.8 Å². The molecule has 0 spiro atoms. The molecule has 1 fully saturated rings. The van der Waals surface area contributed by atoms with Crippen LogP contribution in [0.3, 0.4) is 0 Å². The Kier molecular flexibility index (Phi) is 7.45. The Morgan fingerprint density at radius 2 is 1.85 bits per heavy atom. The molecule has 26 heavy (non-hydrogen) atoms. The second-order valence-electron chi connectivity index (χ2n) is 6.70. The fourth-order valence-electron chi connectivity index (χ4n) is 2.98. The maximum atomic E-state index is 12.2. The Labute approximate surface area is 158 Å². The number of amides is 2. The van der Waals surface area contributed by atoms with Crippen molar-refractivity contribution in [1.82, 2.24) is 10.6 Å². The summed E-state index contributed by atoms with van der Waals surface area (Å²) in [4.78, 5) is 36.0. The molecule has 0 aromatic heterocycles. The van der Waals surface area contributed by atoms with Crippen molar-refractivity contribution in [2.24, 2.45) is 5.92 Å². The zero-order chi connectivity index (χ0) is 19.1. The number of benzene rings is 1. The number of carbonyl (C=O) groups is 3. The smallest absolute Gasteiger partial charge is 0.326 e. The standard InChI is InChI=1S/C19H25ClN2O4/c1-12-5-3-4-6-16(12)22-18(24)13(2)26-17(23)11-21-19(25)14-7-9-15(20)10-8-14/h7-10,12-13,16H,3-6,11H2,1-2H3,(H,21,25)(H,22,24)/t12-,13-,16+/m1/s1. The number of halogens is 1. The summed E-state index contributed by atoms with van der Waals surface area (Å²) in [5, 5.41) is 5.94. The summed E-state index contributed by atoms with van der Waals surface area (Å²) < 4.78 is 5.11. The first-order chi connectivity index (χ1) is 12.4. The zero-order valence-corrected chi connectivity index (χ0v) is 15.8. The lowest BCUT2D eigenvalue weighted by molar-refractivity contribution is -0.154. The largest absolute Gasteiger partial charge is 0.451 e. The highest BCUT2D eigenvalue weighted by atomic mass is 35.5. The minimum atomic E-state index is -0.899. The molecule has 2 rings (SSSR count). The Bertz CT molecular complexity index is 647. The van der Waals surface area contributed by atoms with E-state index >= 15 is 0 Å². The molecular weight excluding hydrogens is 356 g/mol. The quantitative estimate of drug-likeness (QED) is 0.743. The van der Waals surface area contributed by atoms with E-state index < -0.39 is 18.0 Å². The van der Waals surface area contributed by atoms with Gasteiger partial charge in [0, 0.05) is 16.6 Å². The van der Waals surface area contributed by atoms with Gasteiger partial charge in [0.05, 0.1) is 0 Å².